The maximum atomic E-state index is 12.0. The van der Waals surface area contributed by atoms with Crippen LogP contribution in [0.1, 0.15) is 19.3 Å². The molecule has 1 aromatic carbocycles. The molecule has 1 atom stereocenters. The molecule has 1 unspecified atom stereocenters. The van der Waals surface area contributed by atoms with Crippen LogP contribution in [0.25, 0.3) is 0 Å². The zero-order valence-corrected chi connectivity index (χ0v) is 15.1. The van der Waals surface area contributed by atoms with Gasteiger partial charge in [-0.15, -0.1) is 12.4 Å². The predicted octanol–water partition coefficient (Wildman–Crippen LogP) is 0.553. The Bertz CT molecular complexity index is 690. The van der Waals surface area contributed by atoms with Crippen molar-refractivity contribution in [2.24, 2.45) is 0 Å². The van der Waals surface area contributed by atoms with Crippen LogP contribution in [0.2, 0.25) is 0 Å². The fraction of sp³-hybridized carbons (Fsp3) is 0.500. The van der Waals surface area contributed by atoms with E-state index in [1.165, 1.54) is 0 Å². The third-order valence-electron chi connectivity index (χ3n) is 3.71. The molecule has 140 valence electrons. The summed E-state index contributed by atoms with van der Waals surface area (Å²) >= 11 is 0. The van der Waals surface area contributed by atoms with Crippen molar-refractivity contribution in [3.05, 3.63) is 34.4 Å². The van der Waals surface area contributed by atoms with Gasteiger partial charge in [-0.25, -0.2) is 13.1 Å². The first-order valence-electron chi connectivity index (χ1n) is 7.63. The summed E-state index contributed by atoms with van der Waals surface area (Å²) < 4.78 is 26.4. The third kappa shape index (κ3) is 6.58. The number of nitrogens with one attached hydrogen (secondary N) is 3. The molecule has 1 aliphatic heterocycles. The first-order chi connectivity index (χ1) is 11.4. The lowest BCUT2D eigenvalue weighted by atomic mass is 10.2. The number of carbonyl (C=O) groups is 1. The topological polar surface area (TPSA) is 130 Å². The second-order valence-electron chi connectivity index (χ2n) is 5.50. The molecule has 3 N–H and O–H groups in total. The molecule has 0 radical (unpaired) electrons. The van der Waals surface area contributed by atoms with Gasteiger partial charge < -0.3 is 10.6 Å². The van der Waals surface area contributed by atoms with Crippen LogP contribution < -0.4 is 15.4 Å². The Balaban J connectivity index is 0.00000312. The van der Waals surface area contributed by atoms with Crippen molar-refractivity contribution in [3.63, 3.8) is 0 Å². The molecule has 1 amide bonds. The van der Waals surface area contributed by atoms with E-state index in [1.807, 2.05) is 0 Å². The van der Waals surface area contributed by atoms with E-state index >= 15 is 0 Å². The lowest BCUT2D eigenvalue weighted by Gasteiger charge is -2.11. The highest BCUT2D eigenvalue weighted by Crippen LogP contribution is 2.15. The van der Waals surface area contributed by atoms with E-state index < -0.39 is 14.9 Å². The Morgan fingerprint density at radius 2 is 2.00 bits per heavy atom. The molecule has 2 rings (SSSR count). The van der Waals surface area contributed by atoms with Gasteiger partial charge >= 0.3 is 0 Å². The number of amides is 1. The summed E-state index contributed by atoms with van der Waals surface area (Å²) in [4.78, 5) is 21.6. The maximum absolute atomic E-state index is 12.0. The van der Waals surface area contributed by atoms with E-state index in [9.17, 15) is 23.3 Å². The summed E-state index contributed by atoms with van der Waals surface area (Å²) in [7, 11) is -3.79. The van der Waals surface area contributed by atoms with Gasteiger partial charge in [-0.1, -0.05) is 0 Å². The van der Waals surface area contributed by atoms with E-state index in [-0.39, 0.29) is 47.9 Å². The highest BCUT2D eigenvalue weighted by Gasteiger charge is 2.17. The van der Waals surface area contributed by atoms with Gasteiger partial charge in [-0.05, 0) is 31.5 Å². The number of nitro groups is 1. The summed E-state index contributed by atoms with van der Waals surface area (Å²) in [6.45, 7) is 1.45. The van der Waals surface area contributed by atoms with Crippen LogP contribution in [0.5, 0.6) is 0 Å². The minimum absolute atomic E-state index is 0. The zero-order chi connectivity index (χ0) is 17.6. The molecule has 25 heavy (non-hydrogen) atoms. The van der Waals surface area contributed by atoms with Crippen molar-refractivity contribution in [2.45, 2.75) is 30.2 Å². The van der Waals surface area contributed by atoms with Gasteiger partial charge in [0.25, 0.3) is 5.69 Å². The Morgan fingerprint density at radius 1 is 1.32 bits per heavy atom. The molecule has 0 spiro atoms. The maximum Gasteiger partial charge on any atom is 0.269 e. The van der Waals surface area contributed by atoms with Gasteiger partial charge in [-0.2, -0.15) is 0 Å². The van der Waals surface area contributed by atoms with Crippen molar-refractivity contribution < 1.29 is 18.1 Å². The zero-order valence-electron chi connectivity index (χ0n) is 13.4. The van der Waals surface area contributed by atoms with Crippen LogP contribution in [0.15, 0.2) is 29.2 Å². The van der Waals surface area contributed by atoms with Crippen LogP contribution in [-0.2, 0) is 14.8 Å². The van der Waals surface area contributed by atoms with Crippen LogP contribution in [0, 0.1) is 10.1 Å². The number of halogens is 1. The normalized spacial score (nSPS) is 16.9. The predicted molar refractivity (Wildman–Crippen MR) is 94.2 cm³/mol. The number of sulfonamides is 1. The minimum Gasteiger partial charge on any atom is -0.354 e. The quantitative estimate of drug-likeness (QED) is 0.437. The number of hydrogen-bond donors (Lipinski definition) is 3. The summed E-state index contributed by atoms with van der Waals surface area (Å²) in [6, 6.07) is 4.84. The number of nitro benzene ring substituents is 1. The van der Waals surface area contributed by atoms with Gasteiger partial charge in [0.05, 0.1) is 9.82 Å². The summed E-state index contributed by atoms with van der Waals surface area (Å²) in [6.07, 6.45) is 2.14. The number of benzene rings is 1. The van der Waals surface area contributed by atoms with Crippen molar-refractivity contribution in [1.29, 1.82) is 0 Å². The largest absolute Gasteiger partial charge is 0.354 e. The Hall–Kier alpha value is -1.75. The molecule has 0 saturated carbocycles. The second-order valence-corrected chi connectivity index (χ2v) is 7.26. The number of non-ortho nitro benzene ring substituents is 1. The molecule has 1 saturated heterocycles. The lowest BCUT2D eigenvalue weighted by Crippen LogP contribution is -2.38. The third-order valence-corrected chi connectivity index (χ3v) is 5.19. The fourth-order valence-corrected chi connectivity index (χ4v) is 3.42. The van der Waals surface area contributed by atoms with E-state index in [2.05, 4.69) is 15.4 Å². The Morgan fingerprint density at radius 3 is 2.56 bits per heavy atom. The van der Waals surface area contributed by atoms with E-state index in [1.54, 1.807) is 0 Å². The molecular weight excluding hydrogens is 372 g/mol. The first-order valence-corrected chi connectivity index (χ1v) is 9.11. The summed E-state index contributed by atoms with van der Waals surface area (Å²) in [5.74, 6) is -0.227. The standard InChI is InChI=1S/C14H20N4O5S.ClH/c19-14(16-10-11-2-1-8-15-11)7-9-17-24(22,23)13-5-3-12(4-6-13)18(20)21;/h3-6,11,15,17H,1-2,7-10H2,(H,16,19);1H. The number of nitrogens with zero attached hydrogens (tertiary/aromatic N) is 1. The Labute approximate surface area is 152 Å². The Kier molecular flexibility index (Phi) is 8.23. The molecular formula is C14H21ClN4O5S. The molecule has 9 nitrogen and oxygen atoms in total. The van der Waals surface area contributed by atoms with E-state index in [0.717, 1.165) is 43.7 Å². The highest BCUT2D eigenvalue weighted by atomic mass is 35.5. The minimum atomic E-state index is -3.79. The first kappa shape index (κ1) is 21.3. The highest BCUT2D eigenvalue weighted by molar-refractivity contribution is 7.89. The fourth-order valence-electron chi connectivity index (χ4n) is 2.39. The van der Waals surface area contributed by atoms with E-state index in [4.69, 9.17) is 0 Å². The average Bonchev–Trinajstić information content (AvgIpc) is 3.06. The van der Waals surface area contributed by atoms with Gasteiger partial charge in [0.15, 0.2) is 0 Å². The van der Waals surface area contributed by atoms with Crippen molar-refractivity contribution in [2.75, 3.05) is 19.6 Å². The number of hydrogen-bond acceptors (Lipinski definition) is 6. The monoisotopic (exact) mass is 392 g/mol. The smallest absolute Gasteiger partial charge is 0.269 e. The SMILES string of the molecule is Cl.O=C(CCNS(=O)(=O)c1ccc([N+](=O)[O-])cc1)NCC1CCCN1. The molecule has 0 aliphatic carbocycles. The summed E-state index contributed by atoms with van der Waals surface area (Å²) in [5.41, 5.74) is -0.186. The second kappa shape index (κ2) is 9.66. The molecule has 1 aromatic rings. The molecule has 0 bridgehead atoms. The lowest BCUT2D eigenvalue weighted by molar-refractivity contribution is -0.384. The number of rotatable bonds is 8. The average molecular weight is 393 g/mol. The van der Waals surface area contributed by atoms with Crippen molar-refractivity contribution in [1.82, 2.24) is 15.4 Å². The van der Waals surface area contributed by atoms with Crippen LogP contribution in [-0.4, -0.2) is 44.9 Å². The van der Waals surface area contributed by atoms with Gasteiger partial charge in [0, 0.05) is 37.7 Å². The molecule has 1 heterocycles. The molecule has 0 aromatic heterocycles. The summed E-state index contributed by atoms with van der Waals surface area (Å²) in [5, 5.41) is 16.6. The van der Waals surface area contributed by atoms with E-state index in [0.29, 0.717) is 6.54 Å². The van der Waals surface area contributed by atoms with Gasteiger partial charge in [0.1, 0.15) is 0 Å². The van der Waals surface area contributed by atoms with Gasteiger partial charge in [-0.3, -0.25) is 14.9 Å². The van der Waals surface area contributed by atoms with Crippen LogP contribution >= 0.6 is 12.4 Å². The van der Waals surface area contributed by atoms with Crippen molar-refractivity contribution >= 4 is 34.0 Å². The van der Waals surface area contributed by atoms with Crippen LogP contribution in [0.4, 0.5) is 5.69 Å². The van der Waals surface area contributed by atoms with Gasteiger partial charge in [0.2, 0.25) is 15.9 Å². The molecule has 11 heteroatoms. The van der Waals surface area contributed by atoms with Crippen LogP contribution in [0.3, 0.4) is 0 Å². The number of carbonyl (C=O) groups excluding carboxylic acids is 1. The molecule has 1 fully saturated rings. The molecule has 1 aliphatic rings. The van der Waals surface area contributed by atoms with Crippen molar-refractivity contribution in [3.8, 4) is 0 Å².